The third-order valence-corrected chi connectivity index (χ3v) is 5.50. The Labute approximate surface area is 212 Å². The van der Waals surface area contributed by atoms with Gasteiger partial charge < -0.3 is 20.6 Å². The molecule has 0 fully saturated rings. The molecule has 0 unspecified atom stereocenters. The van der Waals surface area contributed by atoms with Crippen molar-refractivity contribution in [2.75, 3.05) is 17.3 Å². The summed E-state index contributed by atoms with van der Waals surface area (Å²) in [6.45, 7) is 2.19. The fourth-order valence-electron chi connectivity index (χ4n) is 3.75. The van der Waals surface area contributed by atoms with Crippen molar-refractivity contribution in [3.8, 4) is 11.4 Å². The van der Waals surface area contributed by atoms with Crippen molar-refractivity contribution >= 4 is 23.7 Å². The van der Waals surface area contributed by atoms with Crippen LogP contribution in [0.5, 0.6) is 0 Å². The van der Waals surface area contributed by atoms with Crippen LogP contribution in [-0.2, 0) is 13.0 Å². The average molecular weight is 506 g/mol. The molecular formula is C26H25F2N7O2. The number of benzene rings is 2. The second kappa shape index (κ2) is 11.4. The number of amides is 1. The minimum Gasteiger partial charge on any atom is -0.465 e. The number of halogens is 2. The van der Waals surface area contributed by atoms with Gasteiger partial charge in [0.2, 0.25) is 5.95 Å². The molecule has 0 aliphatic rings. The molecular weight excluding hydrogens is 480 g/mol. The van der Waals surface area contributed by atoms with E-state index < -0.39 is 17.7 Å². The second-order valence-corrected chi connectivity index (χ2v) is 8.37. The van der Waals surface area contributed by atoms with E-state index in [1.807, 2.05) is 31.2 Å². The van der Waals surface area contributed by atoms with E-state index in [-0.39, 0.29) is 29.8 Å². The molecule has 11 heteroatoms. The molecule has 190 valence electrons. The first-order valence-corrected chi connectivity index (χ1v) is 11.5. The number of nitrogens with one attached hydrogen (secondary N) is 2. The van der Waals surface area contributed by atoms with Crippen molar-refractivity contribution in [3.63, 3.8) is 0 Å². The topological polar surface area (TPSA) is 116 Å². The minimum absolute atomic E-state index is 0.0577. The molecule has 2 aromatic carbocycles. The first kappa shape index (κ1) is 25.4. The molecule has 0 spiro atoms. The lowest BCUT2D eigenvalue weighted by molar-refractivity contribution is 0.194. The van der Waals surface area contributed by atoms with Gasteiger partial charge in [0, 0.05) is 25.8 Å². The first-order chi connectivity index (χ1) is 17.8. The highest BCUT2D eigenvalue weighted by molar-refractivity contribution is 5.64. The zero-order valence-corrected chi connectivity index (χ0v) is 20.2. The van der Waals surface area contributed by atoms with Crippen LogP contribution in [0.15, 0.2) is 67.0 Å². The van der Waals surface area contributed by atoms with Gasteiger partial charge in [-0.05, 0) is 42.7 Å². The van der Waals surface area contributed by atoms with Crippen LogP contribution in [0, 0.1) is 11.6 Å². The van der Waals surface area contributed by atoms with Crippen molar-refractivity contribution in [2.24, 2.45) is 0 Å². The normalized spacial score (nSPS) is 11.6. The van der Waals surface area contributed by atoms with Crippen LogP contribution in [0.25, 0.3) is 11.4 Å². The average Bonchev–Trinajstić information content (AvgIpc) is 2.88. The maximum absolute atomic E-state index is 14.7. The lowest BCUT2D eigenvalue weighted by atomic mass is 10.0. The number of carboxylic acid groups (broad SMARTS) is 1. The van der Waals surface area contributed by atoms with E-state index in [2.05, 4.69) is 30.6 Å². The predicted octanol–water partition coefficient (Wildman–Crippen LogP) is 4.79. The van der Waals surface area contributed by atoms with Gasteiger partial charge in [-0.2, -0.15) is 4.98 Å². The summed E-state index contributed by atoms with van der Waals surface area (Å²) < 4.78 is 28.9. The number of anilines is 3. The number of carbonyl (C=O) groups is 1. The Balaban J connectivity index is 1.48. The third kappa shape index (κ3) is 6.51. The molecule has 2 heterocycles. The van der Waals surface area contributed by atoms with E-state index in [1.165, 1.54) is 17.0 Å². The molecule has 3 N–H and O–H groups in total. The second-order valence-electron chi connectivity index (χ2n) is 8.37. The fraction of sp³-hybridized carbons (Fsp3) is 0.192. The third-order valence-electron chi connectivity index (χ3n) is 5.50. The summed E-state index contributed by atoms with van der Waals surface area (Å²) in [6, 6.07) is 15.2. The molecule has 9 nitrogen and oxygen atoms in total. The molecule has 0 aliphatic carbocycles. The summed E-state index contributed by atoms with van der Waals surface area (Å²) in [7, 11) is 1.60. The summed E-state index contributed by atoms with van der Waals surface area (Å²) in [4.78, 5) is 29.1. The van der Waals surface area contributed by atoms with Crippen LogP contribution in [0.2, 0.25) is 0 Å². The highest BCUT2D eigenvalue weighted by Gasteiger charge is 2.17. The maximum atomic E-state index is 14.7. The van der Waals surface area contributed by atoms with Gasteiger partial charge in [0.1, 0.15) is 11.6 Å². The molecule has 0 radical (unpaired) electrons. The first-order valence-electron chi connectivity index (χ1n) is 11.5. The molecule has 4 rings (SSSR count). The Morgan fingerprint density at radius 2 is 1.81 bits per heavy atom. The van der Waals surface area contributed by atoms with Crippen LogP contribution in [0.1, 0.15) is 18.1 Å². The number of rotatable bonds is 9. The Kier molecular flexibility index (Phi) is 7.82. The largest absolute Gasteiger partial charge is 0.465 e. The number of aromatic nitrogens is 4. The van der Waals surface area contributed by atoms with Gasteiger partial charge in [0.15, 0.2) is 17.5 Å². The van der Waals surface area contributed by atoms with Crippen LogP contribution < -0.4 is 15.5 Å². The van der Waals surface area contributed by atoms with E-state index in [0.717, 1.165) is 17.3 Å². The predicted molar refractivity (Wildman–Crippen MR) is 136 cm³/mol. The monoisotopic (exact) mass is 505 g/mol. The fourth-order valence-corrected chi connectivity index (χ4v) is 3.75. The van der Waals surface area contributed by atoms with Crippen LogP contribution in [0.4, 0.5) is 31.2 Å². The Hall–Kier alpha value is -4.67. The summed E-state index contributed by atoms with van der Waals surface area (Å²) in [6.07, 6.45) is 2.11. The lowest BCUT2D eigenvalue weighted by Crippen LogP contribution is -2.22. The maximum Gasteiger partial charge on any atom is 0.404 e. The zero-order valence-electron chi connectivity index (χ0n) is 20.2. The molecule has 0 saturated heterocycles. The molecule has 2 aromatic heterocycles. The van der Waals surface area contributed by atoms with Crippen LogP contribution in [0.3, 0.4) is 0 Å². The number of hydrogen-bond donors (Lipinski definition) is 3. The summed E-state index contributed by atoms with van der Waals surface area (Å²) in [5.41, 5.74) is 2.04. The molecule has 1 amide bonds. The van der Waals surface area contributed by atoms with Gasteiger partial charge >= 0.3 is 6.09 Å². The van der Waals surface area contributed by atoms with Gasteiger partial charge in [-0.25, -0.2) is 28.5 Å². The Bertz CT molecular complexity index is 1400. The smallest absolute Gasteiger partial charge is 0.404 e. The van der Waals surface area contributed by atoms with Crippen LogP contribution in [-0.4, -0.2) is 44.2 Å². The van der Waals surface area contributed by atoms with Crippen molar-refractivity contribution in [1.82, 2.24) is 25.3 Å². The molecule has 4 aromatic rings. The van der Waals surface area contributed by atoms with Gasteiger partial charge in [-0.1, -0.05) is 36.4 Å². The number of nitrogens with zero attached hydrogens (tertiary/aromatic N) is 5. The summed E-state index contributed by atoms with van der Waals surface area (Å²) in [5.74, 6) is -0.469. The zero-order chi connectivity index (χ0) is 26.4. The van der Waals surface area contributed by atoms with Crippen molar-refractivity contribution in [2.45, 2.75) is 25.9 Å². The van der Waals surface area contributed by atoms with Crippen LogP contribution >= 0.6 is 0 Å². The van der Waals surface area contributed by atoms with Crippen molar-refractivity contribution < 1.29 is 18.7 Å². The van der Waals surface area contributed by atoms with E-state index in [1.54, 1.807) is 31.4 Å². The van der Waals surface area contributed by atoms with Gasteiger partial charge in [-0.3, -0.25) is 0 Å². The molecule has 37 heavy (non-hydrogen) atoms. The van der Waals surface area contributed by atoms with E-state index in [4.69, 9.17) is 5.11 Å². The SMILES string of the molecule is C[C@@H](Cc1cccc(CNC(=O)O)c1)Nc1nccc(N(C)c2nc(-c3ccccc3F)ncc2F)n1. The minimum atomic E-state index is -1.08. The molecule has 0 aliphatic heterocycles. The lowest BCUT2D eigenvalue weighted by Gasteiger charge is -2.20. The van der Waals surface area contributed by atoms with E-state index in [0.29, 0.717) is 18.2 Å². The molecule has 1 atom stereocenters. The highest BCUT2D eigenvalue weighted by atomic mass is 19.1. The van der Waals surface area contributed by atoms with E-state index >= 15 is 0 Å². The summed E-state index contributed by atoms with van der Waals surface area (Å²) >= 11 is 0. The van der Waals surface area contributed by atoms with Crippen molar-refractivity contribution in [3.05, 3.63) is 89.8 Å². The highest BCUT2D eigenvalue weighted by Crippen LogP contribution is 2.26. The quantitative estimate of drug-likeness (QED) is 0.297. The Morgan fingerprint density at radius 1 is 1.03 bits per heavy atom. The van der Waals surface area contributed by atoms with Gasteiger partial charge in [0.05, 0.1) is 11.8 Å². The summed E-state index contributed by atoms with van der Waals surface area (Å²) in [5, 5.41) is 14.4. The molecule has 0 bridgehead atoms. The van der Waals surface area contributed by atoms with Crippen molar-refractivity contribution in [1.29, 1.82) is 0 Å². The number of hydrogen-bond acceptors (Lipinski definition) is 7. The van der Waals surface area contributed by atoms with Gasteiger partial charge in [-0.15, -0.1) is 0 Å². The molecule has 0 saturated carbocycles. The van der Waals surface area contributed by atoms with E-state index in [9.17, 15) is 13.6 Å². The van der Waals surface area contributed by atoms with Gasteiger partial charge in [0.25, 0.3) is 0 Å². The Morgan fingerprint density at radius 3 is 2.59 bits per heavy atom. The standard InChI is InChI=1S/C26H25F2N7O2/c1-16(12-17-6-5-7-18(13-17)14-31-26(36)37)32-25-29-11-10-22(33-25)35(2)24-21(28)15-30-23(34-24)19-8-3-4-9-20(19)27/h3-11,13,15-16,31H,12,14H2,1-2H3,(H,36,37)(H,29,32,33)/t16-/m0/s1.